The number of nitrogens with one attached hydrogen (secondary N) is 2. The van der Waals surface area contributed by atoms with E-state index in [2.05, 4.69) is 10.6 Å². The number of carboxylic acid groups (broad SMARTS) is 1. The van der Waals surface area contributed by atoms with Gasteiger partial charge < -0.3 is 30.3 Å². The summed E-state index contributed by atoms with van der Waals surface area (Å²) in [4.78, 5) is 53.2. The molecule has 0 saturated carbocycles. The number of anilines is 1. The van der Waals surface area contributed by atoms with E-state index in [-0.39, 0.29) is 19.6 Å². The number of alkyl halides is 2. The maximum atomic E-state index is 13.0. The lowest BCUT2D eigenvalue weighted by atomic mass is 10.0. The van der Waals surface area contributed by atoms with Crippen molar-refractivity contribution in [3.8, 4) is 0 Å². The van der Waals surface area contributed by atoms with Crippen LogP contribution in [0.4, 0.5) is 10.5 Å². The molecule has 2 atom stereocenters. The highest BCUT2D eigenvalue weighted by atomic mass is 35.5. The molecule has 3 rings (SSSR count). The second kappa shape index (κ2) is 15.9. The van der Waals surface area contributed by atoms with Crippen LogP contribution in [0, 0.1) is 0 Å². The number of ether oxygens (including phenoxy) is 1. The quantitative estimate of drug-likeness (QED) is 0.288. The third kappa shape index (κ3) is 9.31. The van der Waals surface area contributed by atoms with Gasteiger partial charge in [0, 0.05) is 43.5 Å². The molecule has 10 nitrogen and oxygen atoms in total. The molecule has 0 bridgehead atoms. The number of hydrogen-bond acceptors (Lipinski definition) is 6. The van der Waals surface area contributed by atoms with Crippen molar-refractivity contribution in [2.24, 2.45) is 0 Å². The predicted molar refractivity (Wildman–Crippen MR) is 153 cm³/mol. The number of nitrogens with zero attached hydrogens (tertiary/aromatic N) is 2. The van der Waals surface area contributed by atoms with E-state index in [0.717, 1.165) is 16.8 Å². The topological polar surface area (TPSA) is 128 Å². The summed E-state index contributed by atoms with van der Waals surface area (Å²) in [6.07, 6.45) is 0.307. The highest BCUT2D eigenvalue weighted by Crippen LogP contribution is 2.19. The molecule has 40 heavy (non-hydrogen) atoms. The minimum atomic E-state index is -1.18. The number of amides is 3. The molecule has 12 heteroatoms. The van der Waals surface area contributed by atoms with Gasteiger partial charge in [0.15, 0.2) is 0 Å². The van der Waals surface area contributed by atoms with Crippen LogP contribution in [0.25, 0.3) is 0 Å². The van der Waals surface area contributed by atoms with Gasteiger partial charge in [0.25, 0.3) is 0 Å². The summed E-state index contributed by atoms with van der Waals surface area (Å²) < 4.78 is 5.12. The average molecular weight is 594 g/mol. The monoisotopic (exact) mass is 592 g/mol. The average Bonchev–Trinajstić information content (AvgIpc) is 3.46. The summed E-state index contributed by atoms with van der Waals surface area (Å²) in [7, 11) is 0. The lowest BCUT2D eigenvalue weighted by molar-refractivity contribution is -0.143. The molecule has 1 saturated heterocycles. The van der Waals surface area contributed by atoms with Gasteiger partial charge in [-0.2, -0.15) is 0 Å². The molecule has 1 aliphatic rings. The van der Waals surface area contributed by atoms with Crippen molar-refractivity contribution in [2.45, 2.75) is 38.0 Å². The molecule has 1 heterocycles. The maximum Gasteiger partial charge on any atom is 0.407 e. The summed E-state index contributed by atoms with van der Waals surface area (Å²) in [5.74, 6) is -1.28. The fraction of sp³-hybridized carbons (Fsp3) is 0.429. The lowest BCUT2D eigenvalue weighted by Crippen LogP contribution is -2.53. The fourth-order valence-electron chi connectivity index (χ4n) is 4.48. The van der Waals surface area contributed by atoms with E-state index in [1.807, 2.05) is 47.4 Å². The SMILES string of the molecule is O=C(NCC(=O)N1CCC[C@H]1C(=O)NC(Cc1ccc(N(CCCl)CCCl)cc1)C(=O)O)OCc1ccccc1. The van der Waals surface area contributed by atoms with Crippen LogP contribution >= 0.6 is 23.2 Å². The molecule has 1 unspecified atom stereocenters. The third-order valence-corrected chi connectivity index (χ3v) is 6.88. The van der Waals surface area contributed by atoms with Gasteiger partial charge in [-0.25, -0.2) is 9.59 Å². The largest absolute Gasteiger partial charge is 0.480 e. The number of benzene rings is 2. The summed E-state index contributed by atoms with van der Waals surface area (Å²) >= 11 is 11.8. The first-order valence-corrected chi connectivity index (χ1v) is 14.1. The second-order valence-corrected chi connectivity index (χ2v) is 10.1. The maximum absolute atomic E-state index is 13.0. The zero-order valence-electron chi connectivity index (χ0n) is 22.1. The van der Waals surface area contributed by atoms with E-state index in [4.69, 9.17) is 27.9 Å². The number of aliphatic carboxylic acids is 1. The number of carbonyl (C=O) groups excluding carboxylic acids is 3. The summed E-state index contributed by atoms with van der Waals surface area (Å²) in [6, 6.07) is 14.5. The second-order valence-electron chi connectivity index (χ2n) is 9.30. The van der Waals surface area contributed by atoms with Crippen LogP contribution in [0.3, 0.4) is 0 Å². The third-order valence-electron chi connectivity index (χ3n) is 6.54. The van der Waals surface area contributed by atoms with Crippen LogP contribution < -0.4 is 15.5 Å². The molecule has 2 aromatic carbocycles. The summed E-state index contributed by atoms with van der Waals surface area (Å²) in [5.41, 5.74) is 2.45. The first kappa shape index (κ1) is 31.0. The van der Waals surface area contributed by atoms with Crippen molar-refractivity contribution < 1.29 is 29.0 Å². The molecule has 0 aromatic heterocycles. The molecule has 3 N–H and O–H groups in total. The van der Waals surface area contributed by atoms with Gasteiger partial charge in [-0.3, -0.25) is 9.59 Å². The van der Waals surface area contributed by atoms with E-state index >= 15 is 0 Å². The Hall–Kier alpha value is -3.50. The van der Waals surface area contributed by atoms with Crippen molar-refractivity contribution in [1.82, 2.24) is 15.5 Å². The Morgan fingerprint density at radius 2 is 1.68 bits per heavy atom. The molecule has 0 spiro atoms. The van der Waals surface area contributed by atoms with Gasteiger partial charge in [-0.1, -0.05) is 42.5 Å². The number of hydrogen-bond donors (Lipinski definition) is 3. The zero-order chi connectivity index (χ0) is 28.9. The summed E-state index contributed by atoms with van der Waals surface area (Å²) in [5, 5.41) is 14.8. The van der Waals surface area contributed by atoms with E-state index in [1.165, 1.54) is 4.90 Å². The Morgan fingerprint density at radius 1 is 1.00 bits per heavy atom. The molecule has 216 valence electrons. The van der Waals surface area contributed by atoms with E-state index < -0.39 is 36.0 Å². The van der Waals surface area contributed by atoms with E-state index in [0.29, 0.717) is 44.2 Å². The first-order valence-electron chi connectivity index (χ1n) is 13.1. The van der Waals surface area contributed by atoms with Crippen LogP contribution in [0.15, 0.2) is 54.6 Å². The normalized spacial score (nSPS) is 15.2. The Kier molecular flexibility index (Phi) is 12.4. The van der Waals surface area contributed by atoms with Gasteiger partial charge in [-0.15, -0.1) is 23.2 Å². The van der Waals surface area contributed by atoms with Crippen molar-refractivity contribution in [1.29, 1.82) is 0 Å². The number of rotatable bonds is 14. The Balaban J connectivity index is 1.52. The number of carbonyl (C=O) groups is 4. The minimum Gasteiger partial charge on any atom is -0.480 e. The Labute approximate surface area is 243 Å². The highest BCUT2D eigenvalue weighted by Gasteiger charge is 2.36. The molecular formula is C28H34Cl2N4O6. The van der Waals surface area contributed by atoms with Gasteiger partial charge in [0.2, 0.25) is 11.8 Å². The molecule has 1 aliphatic heterocycles. The van der Waals surface area contributed by atoms with Gasteiger partial charge in [0.1, 0.15) is 25.2 Å². The minimum absolute atomic E-state index is 0.0635. The van der Waals surface area contributed by atoms with Crippen molar-refractivity contribution in [2.75, 3.05) is 42.8 Å². The van der Waals surface area contributed by atoms with Gasteiger partial charge in [0.05, 0.1) is 0 Å². The van der Waals surface area contributed by atoms with Crippen molar-refractivity contribution in [3.63, 3.8) is 0 Å². The van der Waals surface area contributed by atoms with Crippen molar-refractivity contribution in [3.05, 3.63) is 65.7 Å². The predicted octanol–water partition coefficient (Wildman–Crippen LogP) is 3.00. The van der Waals surface area contributed by atoms with Gasteiger partial charge in [-0.05, 0) is 36.1 Å². The fourth-order valence-corrected chi connectivity index (χ4v) is 4.89. The zero-order valence-corrected chi connectivity index (χ0v) is 23.6. The Morgan fingerprint density at radius 3 is 2.30 bits per heavy atom. The van der Waals surface area contributed by atoms with Crippen LogP contribution in [0.2, 0.25) is 0 Å². The first-order chi connectivity index (χ1) is 19.3. The molecule has 0 radical (unpaired) electrons. The van der Waals surface area contributed by atoms with Crippen LogP contribution in [-0.4, -0.2) is 83.9 Å². The summed E-state index contributed by atoms with van der Waals surface area (Å²) in [6.45, 7) is 1.31. The standard InChI is InChI=1S/C28H34Cl2N4O6/c29-12-15-33(16-13-30)22-10-8-20(9-11-22)17-23(27(37)38)32-26(36)24-7-4-14-34(24)25(35)18-31-28(39)40-19-21-5-2-1-3-6-21/h1-3,5-6,8-11,23-24H,4,7,12-19H2,(H,31,39)(H,32,36)(H,37,38)/t23?,24-/m0/s1. The van der Waals surface area contributed by atoms with E-state index in [9.17, 15) is 24.3 Å². The number of likely N-dealkylation sites (tertiary alicyclic amines) is 1. The molecule has 0 aliphatic carbocycles. The molecule has 2 aromatic rings. The Bertz CT molecular complexity index is 1130. The lowest BCUT2D eigenvalue weighted by Gasteiger charge is -2.26. The molecule has 1 fully saturated rings. The van der Waals surface area contributed by atoms with Crippen LogP contribution in [0.1, 0.15) is 24.0 Å². The van der Waals surface area contributed by atoms with Gasteiger partial charge >= 0.3 is 12.1 Å². The van der Waals surface area contributed by atoms with Crippen LogP contribution in [0.5, 0.6) is 0 Å². The molecular weight excluding hydrogens is 559 g/mol. The smallest absolute Gasteiger partial charge is 0.407 e. The van der Waals surface area contributed by atoms with E-state index in [1.54, 1.807) is 12.1 Å². The number of halogens is 2. The van der Waals surface area contributed by atoms with Crippen LogP contribution in [-0.2, 0) is 32.1 Å². The molecule has 3 amide bonds. The number of carboxylic acids is 1. The highest BCUT2D eigenvalue weighted by molar-refractivity contribution is 6.18. The van der Waals surface area contributed by atoms with Crippen molar-refractivity contribution >= 4 is 52.8 Å². The number of alkyl carbamates (subject to hydrolysis) is 1.